The molecule has 0 bridgehead atoms. The Morgan fingerprint density at radius 3 is 2.50 bits per heavy atom. The summed E-state index contributed by atoms with van der Waals surface area (Å²) in [5.74, 6) is 0. The predicted molar refractivity (Wildman–Crippen MR) is 116 cm³/mol. The van der Waals surface area contributed by atoms with Gasteiger partial charge in [-0.3, -0.25) is 4.90 Å². The fourth-order valence-electron chi connectivity index (χ4n) is 3.39. The summed E-state index contributed by atoms with van der Waals surface area (Å²) in [4.78, 5) is 14.8. The summed E-state index contributed by atoms with van der Waals surface area (Å²) in [6.07, 6.45) is 2.87. The number of hydrogen-bond donors (Lipinski definition) is 0. The van der Waals surface area contributed by atoms with E-state index in [-0.39, 0.29) is 6.09 Å². The molecule has 1 unspecified atom stereocenters. The van der Waals surface area contributed by atoms with Crippen LogP contribution in [0.15, 0.2) is 71.7 Å². The summed E-state index contributed by atoms with van der Waals surface area (Å²) in [5, 5.41) is 0. The smallest absolute Gasteiger partial charge is 0.412 e. The second kappa shape index (κ2) is 7.72. The maximum atomic E-state index is 13.0. The van der Waals surface area contributed by atoms with Gasteiger partial charge >= 0.3 is 6.09 Å². The highest BCUT2D eigenvalue weighted by atomic mass is 127. The van der Waals surface area contributed by atoms with E-state index in [1.165, 1.54) is 0 Å². The topological polar surface area (TPSA) is 29.5 Å². The average molecular weight is 526 g/mol. The first kappa shape index (κ1) is 19.4. The van der Waals surface area contributed by atoms with E-state index in [0.717, 1.165) is 22.0 Å². The van der Waals surface area contributed by atoms with Gasteiger partial charge in [0.05, 0.1) is 0 Å². The Morgan fingerprint density at radius 1 is 1.27 bits per heavy atom. The van der Waals surface area contributed by atoms with Gasteiger partial charge in [0.1, 0.15) is 9.15 Å². The SMILES string of the molecule is C=CCC1(c2ccccc2)CCN([C@@](C)(I)c2ccc(Br)cc2)C(=O)O1. The lowest BCUT2D eigenvalue weighted by atomic mass is 9.85. The number of alkyl halides is 1. The van der Waals surface area contributed by atoms with Crippen LogP contribution < -0.4 is 0 Å². The van der Waals surface area contributed by atoms with Crippen molar-refractivity contribution in [2.75, 3.05) is 6.54 Å². The molecule has 0 N–H and O–H groups in total. The molecular weight excluding hydrogens is 505 g/mol. The van der Waals surface area contributed by atoms with Crippen LogP contribution in [-0.2, 0) is 13.9 Å². The van der Waals surface area contributed by atoms with Gasteiger partial charge in [-0.15, -0.1) is 6.58 Å². The van der Waals surface area contributed by atoms with Crippen molar-refractivity contribution in [1.29, 1.82) is 0 Å². The van der Waals surface area contributed by atoms with E-state index in [1.54, 1.807) is 4.90 Å². The van der Waals surface area contributed by atoms with Gasteiger partial charge in [0, 0.05) is 23.9 Å². The van der Waals surface area contributed by atoms with Gasteiger partial charge in [-0.05, 0) is 52.8 Å². The lowest BCUT2D eigenvalue weighted by Crippen LogP contribution is -2.53. The Bertz CT molecular complexity index is 791. The molecule has 2 atom stereocenters. The van der Waals surface area contributed by atoms with Crippen LogP contribution >= 0.6 is 38.5 Å². The molecule has 26 heavy (non-hydrogen) atoms. The summed E-state index contributed by atoms with van der Waals surface area (Å²) < 4.78 is 6.58. The largest absolute Gasteiger partial charge is 0.437 e. The molecule has 136 valence electrons. The van der Waals surface area contributed by atoms with Crippen LogP contribution in [0.25, 0.3) is 0 Å². The molecule has 0 spiro atoms. The molecule has 5 heteroatoms. The Morgan fingerprint density at radius 2 is 1.92 bits per heavy atom. The minimum Gasteiger partial charge on any atom is -0.437 e. The summed E-state index contributed by atoms with van der Waals surface area (Å²) in [5.41, 5.74) is 1.45. The van der Waals surface area contributed by atoms with Crippen molar-refractivity contribution in [3.05, 3.63) is 82.9 Å². The first-order valence-corrected chi connectivity index (χ1v) is 10.4. The van der Waals surface area contributed by atoms with Gasteiger partial charge in [0.2, 0.25) is 0 Å². The molecule has 0 aromatic heterocycles. The van der Waals surface area contributed by atoms with Crippen LogP contribution in [0.3, 0.4) is 0 Å². The number of amides is 1. The standard InChI is InChI=1S/C21H21BrINO2/c1-3-13-21(17-7-5-4-6-8-17)14-15-24(19(25)26-21)20(2,23)16-9-11-18(22)12-10-16/h3-12H,1,13-15H2,2H3/t20-,21?/m1/s1. The molecule has 1 fully saturated rings. The van der Waals surface area contributed by atoms with E-state index in [2.05, 4.69) is 45.1 Å². The number of halogens is 2. The number of carbonyl (C=O) groups excluding carboxylic acids is 1. The highest BCUT2D eigenvalue weighted by molar-refractivity contribution is 14.1. The second-order valence-electron chi connectivity index (χ2n) is 6.58. The van der Waals surface area contributed by atoms with E-state index < -0.39 is 9.15 Å². The minimum atomic E-state index is -0.636. The van der Waals surface area contributed by atoms with Crippen molar-refractivity contribution in [2.24, 2.45) is 0 Å². The summed E-state index contributed by atoms with van der Waals surface area (Å²) >= 11 is 5.79. The molecule has 1 aliphatic heterocycles. The number of benzene rings is 2. The van der Waals surface area contributed by atoms with Gasteiger partial charge in [0.15, 0.2) is 0 Å². The van der Waals surface area contributed by atoms with Crippen LogP contribution in [0, 0.1) is 0 Å². The quantitative estimate of drug-likeness (QED) is 0.196. The number of rotatable bonds is 5. The fourth-order valence-corrected chi connectivity index (χ4v) is 4.45. The molecule has 3 rings (SSSR count). The molecule has 3 nitrogen and oxygen atoms in total. The first-order chi connectivity index (χ1) is 12.4. The number of ether oxygens (including phenoxy) is 1. The summed E-state index contributed by atoms with van der Waals surface area (Å²) in [6, 6.07) is 18.0. The maximum Gasteiger partial charge on any atom is 0.412 e. The van der Waals surface area contributed by atoms with Crippen LogP contribution in [0.4, 0.5) is 4.79 Å². The fraction of sp³-hybridized carbons (Fsp3) is 0.286. The molecule has 0 aliphatic carbocycles. The lowest BCUT2D eigenvalue weighted by Gasteiger charge is -2.46. The van der Waals surface area contributed by atoms with E-state index in [9.17, 15) is 4.79 Å². The number of carbonyl (C=O) groups is 1. The molecule has 2 aromatic rings. The zero-order valence-corrected chi connectivity index (χ0v) is 18.4. The zero-order chi connectivity index (χ0) is 18.8. The van der Waals surface area contributed by atoms with Crippen LogP contribution in [-0.4, -0.2) is 17.5 Å². The Hall–Kier alpha value is -1.34. The van der Waals surface area contributed by atoms with Crippen molar-refractivity contribution in [1.82, 2.24) is 4.90 Å². The molecule has 0 radical (unpaired) electrons. The number of cyclic esters (lactones) is 1. The number of hydrogen-bond acceptors (Lipinski definition) is 2. The van der Waals surface area contributed by atoms with Crippen molar-refractivity contribution in [3.63, 3.8) is 0 Å². The normalized spacial score (nSPS) is 22.4. The zero-order valence-electron chi connectivity index (χ0n) is 14.6. The molecule has 1 heterocycles. The Balaban J connectivity index is 1.88. The molecule has 0 saturated carbocycles. The van der Waals surface area contributed by atoms with E-state index in [1.807, 2.05) is 67.6 Å². The van der Waals surface area contributed by atoms with Gasteiger partial charge in [-0.1, -0.05) is 64.5 Å². The van der Waals surface area contributed by atoms with Gasteiger partial charge in [-0.25, -0.2) is 4.79 Å². The van der Waals surface area contributed by atoms with Crippen LogP contribution in [0.5, 0.6) is 0 Å². The van der Waals surface area contributed by atoms with Crippen molar-refractivity contribution in [3.8, 4) is 0 Å². The van der Waals surface area contributed by atoms with Crippen LogP contribution in [0.2, 0.25) is 0 Å². The molecule has 1 amide bonds. The molecule has 1 aliphatic rings. The third-order valence-electron chi connectivity index (χ3n) is 4.89. The predicted octanol–water partition coefficient (Wildman–Crippen LogP) is 6.37. The summed E-state index contributed by atoms with van der Waals surface area (Å²) in [6.45, 7) is 6.53. The second-order valence-corrected chi connectivity index (χ2v) is 9.60. The summed E-state index contributed by atoms with van der Waals surface area (Å²) in [7, 11) is 0. The lowest BCUT2D eigenvalue weighted by molar-refractivity contribution is -0.0608. The number of nitrogens with zero attached hydrogens (tertiary/aromatic N) is 1. The van der Waals surface area contributed by atoms with Crippen molar-refractivity contribution in [2.45, 2.75) is 28.9 Å². The molecular formula is C21H21BrINO2. The van der Waals surface area contributed by atoms with E-state index in [0.29, 0.717) is 13.0 Å². The monoisotopic (exact) mass is 525 g/mol. The van der Waals surface area contributed by atoms with Gasteiger partial charge in [-0.2, -0.15) is 0 Å². The molecule has 2 aromatic carbocycles. The maximum absolute atomic E-state index is 13.0. The van der Waals surface area contributed by atoms with E-state index in [4.69, 9.17) is 4.74 Å². The van der Waals surface area contributed by atoms with Crippen LogP contribution in [0.1, 0.15) is 30.9 Å². The van der Waals surface area contributed by atoms with Gasteiger partial charge in [0.25, 0.3) is 0 Å². The third-order valence-corrected chi connectivity index (χ3v) is 6.63. The molecule has 1 saturated heterocycles. The van der Waals surface area contributed by atoms with E-state index >= 15 is 0 Å². The van der Waals surface area contributed by atoms with Crippen molar-refractivity contribution < 1.29 is 9.53 Å². The average Bonchev–Trinajstić information content (AvgIpc) is 2.63. The first-order valence-electron chi connectivity index (χ1n) is 8.51. The highest BCUT2D eigenvalue weighted by Crippen LogP contribution is 2.44. The minimum absolute atomic E-state index is 0.290. The third kappa shape index (κ3) is 3.69. The highest BCUT2D eigenvalue weighted by Gasteiger charge is 2.46. The van der Waals surface area contributed by atoms with Crippen molar-refractivity contribution >= 4 is 44.6 Å². The Kier molecular flexibility index (Phi) is 5.77. The Labute approximate surface area is 176 Å². The van der Waals surface area contributed by atoms with Gasteiger partial charge < -0.3 is 4.74 Å².